The Morgan fingerprint density at radius 3 is 2.18 bits per heavy atom. The minimum atomic E-state index is -4.81. The number of phenols is 1. The van der Waals surface area contributed by atoms with Gasteiger partial charge in [-0.15, -0.1) is 0 Å². The van der Waals surface area contributed by atoms with Gasteiger partial charge in [0.1, 0.15) is 11.5 Å². The lowest BCUT2D eigenvalue weighted by Crippen LogP contribution is -2.16. The molecule has 1 aromatic heterocycles. The van der Waals surface area contributed by atoms with Crippen LogP contribution >= 0.6 is 0 Å². The van der Waals surface area contributed by atoms with E-state index in [-0.39, 0.29) is 33.9 Å². The zero-order valence-corrected chi connectivity index (χ0v) is 18.5. The van der Waals surface area contributed by atoms with E-state index in [1.807, 2.05) is 32.0 Å². The van der Waals surface area contributed by atoms with Gasteiger partial charge in [0.2, 0.25) is 0 Å². The quantitative estimate of drug-likeness (QED) is 0.460. The number of carbonyl (C=O) groups is 1. The maximum Gasteiger partial charge on any atom is 0.433 e. The van der Waals surface area contributed by atoms with Crippen molar-refractivity contribution in [2.75, 3.05) is 7.11 Å². The van der Waals surface area contributed by atoms with Crippen LogP contribution in [-0.2, 0) is 25.4 Å². The van der Waals surface area contributed by atoms with Crippen molar-refractivity contribution in [2.24, 2.45) is 0 Å². The molecule has 0 spiro atoms. The van der Waals surface area contributed by atoms with Gasteiger partial charge in [-0.2, -0.15) is 13.2 Å². The van der Waals surface area contributed by atoms with Crippen molar-refractivity contribution in [3.63, 3.8) is 0 Å². The van der Waals surface area contributed by atoms with Gasteiger partial charge >= 0.3 is 12.1 Å². The summed E-state index contributed by atoms with van der Waals surface area (Å²) in [7, 11) is 1.26. The molecule has 8 heteroatoms. The standard InChI is InChI=1S/C25H24F3NO4/c1-4-14-7-6-8-15(5-2)22(14)20-13-21(33-3)19(23(29-20)25(26,27)28)12-16-11-17(30)9-10-18(16)24(31)32/h6-11,13,30H,4-5,12H2,1-3H3,(H,31,32). The van der Waals surface area contributed by atoms with Crippen LogP contribution in [0.4, 0.5) is 13.2 Å². The number of benzene rings is 2. The number of halogens is 3. The molecule has 5 nitrogen and oxygen atoms in total. The molecule has 3 rings (SSSR count). The molecular weight excluding hydrogens is 435 g/mol. The summed E-state index contributed by atoms with van der Waals surface area (Å²) in [5.41, 5.74) is 0.879. The van der Waals surface area contributed by atoms with Crippen LogP contribution in [-0.4, -0.2) is 28.3 Å². The summed E-state index contributed by atoms with van der Waals surface area (Å²) in [6.45, 7) is 3.84. The zero-order valence-electron chi connectivity index (χ0n) is 18.5. The van der Waals surface area contributed by atoms with E-state index in [9.17, 15) is 28.2 Å². The number of hydrogen-bond donors (Lipinski definition) is 2. The van der Waals surface area contributed by atoms with Crippen LogP contribution in [0, 0.1) is 0 Å². The Morgan fingerprint density at radius 1 is 1.03 bits per heavy atom. The number of nitrogens with zero attached hydrogens (tertiary/aromatic N) is 1. The molecule has 2 aromatic carbocycles. The highest BCUT2D eigenvalue weighted by atomic mass is 19.4. The molecular formula is C25H24F3NO4. The second-order valence-electron chi connectivity index (χ2n) is 7.52. The fourth-order valence-electron chi connectivity index (χ4n) is 3.96. The van der Waals surface area contributed by atoms with Crippen LogP contribution in [0.1, 0.15) is 52.2 Å². The lowest BCUT2D eigenvalue weighted by atomic mass is 9.92. The van der Waals surface area contributed by atoms with E-state index in [4.69, 9.17) is 4.74 Å². The minimum Gasteiger partial charge on any atom is -0.508 e. The van der Waals surface area contributed by atoms with Gasteiger partial charge in [0.15, 0.2) is 5.69 Å². The Kier molecular flexibility index (Phi) is 6.95. The van der Waals surface area contributed by atoms with Crippen molar-refractivity contribution in [2.45, 2.75) is 39.3 Å². The van der Waals surface area contributed by atoms with Crippen LogP contribution in [0.25, 0.3) is 11.3 Å². The van der Waals surface area contributed by atoms with E-state index in [0.717, 1.165) is 23.3 Å². The third-order valence-electron chi connectivity index (χ3n) is 5.51. The maximum atomic E-state index is 14.2. The smallest absolute Gasteiger partial charge is 0.433 e. The summed E-state index contributed by atoms with van der Waals surface area (Å²) in [5, 5.41) is 19.2. The summed E-state index contributed by atoms with van der Waals surface area (Å²) >= 11 is 0. The second-order valence-corrected chi connectivity index (χ2v) is 7.52. The molecule has 0 bridgehead atoms. The Bertz CT molecular complexity index is 1170. The number of aryl methyl sites for hydroxylation is 2. The number of phenolic OH excluding ortho intramolecular Hbond substituents is 1. The van der Waals surface area contributed by atoms with Gasteiger partial charge in [-0.3, -0.25) is 0 Å². The lowest BCUT2D eigenvalue weighted by molar-refractivity contribution is -0.141. The molecule has 174 valence electrons. The number of carboxylic acid groups (broad SMARTS) is 1. The zero-order chi connectivity index (χ0) is 24.3. The summed E-state index contributed by atoms with van der Waals surface area (Å²) in [5.74, 6) is -1.62. The van der Waals surface area contributed by atoms with Gasteiger partial charge in [-0.1, -0.05) is 32.0 Å². The van der Waals surface area contributed by atoms with Crippen LogP contribution in [0.5, 0.6) is 11.5 Å². The average molecular weight is 459 g/mol. The van der Waals surface area contributed by atoms with E-state index in [2.05, 4.69) is 4.98 Å². The number of aromatic hydroxyl groups is 1. The van der Waals surface area contributed by atoms with E-state index in [0.29, 0.717) is 18.4 Å². The average Bonchev–Trinajstić information content (AvgIpc) is 2.77. The van der Waals surface area contributed by atoms with Crippen molar-refractivity contribution in [3.8, 4) is 22.8 Å². The molecule has 0 fully saturated rings. The summed E-state index contributed by atoms with van der Waals surface area (Å²) in [6, 6.07) is 10.5. The van der Waals surface area contributed by atoms with Gasteiger partial charge in [-0.05, 0) is 47.7 Å². The summed E-state index contributed by atoms with van der Waals surface area (Å²) in [6.07, 6.45) is -4.02. The SMILES string of the molecule is CCc1cccc(CC)c1-c1cc(OC)c(Cc2cc(O)ccc2C(=O)O)c(C(F)(F)F)n1. The minimum absolute atomic E-state index is 0.0176. The molecule has 0 aliphatic carbocycles. The first-order chi connectivity index (χ1) is 15.6. The molecule has 1 heterocycles. The molecule has 0 aliphatic heterocycles. The second kappa shape index (κ2) is 9.52. The summed E-state index contributed by atoms with van der Waals surface area (Å²) < 4.78 is 47.9. The Hall–Kier alpha value is -3.55. The maximum absolute atomic E-state index is 14.2. The molecule has 2 N–H and O–H groups in total. The topological polar surface area (TPSA) is 79.7 Å². The third-order valence-corrected chi connectivity index (χ3v) is 5.51. The van der Waals surface area contributed by atoms with Gasteiger partial charge in [-0.25, -0.2) is 9.78 Å². The molecule has 0 unspecified atom stereocenters. The van der Waals surface area contributed by atoms with Crippen molar-refractivity contribution < 1.29 is 32.9 Å². The van der Waals surface area contributed by atoms with Crippen molar-refractivity contribution in [3.05, 3.63) is 76.0 Å². The molecule has 0 aliphatic rings. The molecule has 33 heavy (non-hydrogen) atoms. The lowest BCUT2D eigenvalue weighted by Gasteiger charge is -2.20. The van der Waals surface area contributed by atoms with Crippen molar-refractivity contribution >= 4 is 5.97 Å². The fraction of sp³-hybridized carbons (Fsp3) is 0.280. The Labute approximate surface area is 189 Å². The Balaban J connectivity index is 2.29. The molecule has 0 amide bonds. The number of ether oxygens (including phenoxy) is 1. The first-order valence-electron chi connectivity index (χ1n) is 10.4. The molecule has 0 atom stereocenters. The monoisotopic (exact) mass is 459 g/mol. The van der Waals surface area contributed by atoms with Gasteiger partial charge in [0.05, 0.1) is 18.4 Å². The first-order valence-corrected chi connectivity index (χ1v) is 10.4. The highest BCUT2D eigenvalue weighted by molar-refractivity contribution is 5.89. The normalized spacial score (nSPS) is 11.5. The van der Waals surface area contributed by atoms with Gasteiger partial charge in [0.25, 0.3) is 0 Å². The van der Waals surface area contributed by atoms with Gasteiger partial charge < -0.3 is 14.9 Å². The highest BCUT2D eigenvalue weighted by Gasteiger charge is 2.38. The predicted molar refractivity (Wildman–Crippen MR) is 118 cm³/mol. The van der Waals surface area contributed by atoms with Crippen LogP contribution in [0.15, 0.2) is 42.5 Å². The summed E-state index contributed by atoms with van der Waals surface area (Å²) in [4.78, 5) is 15.6. The highest BCUT2D eigenvalue weighted by Crippen LogP contribution is 2.40. The van der Waals surface area contributed by atoms with E-state index in [1.165, 1.54) is 19.2 Å². The van der Waals surface area contributed by atoms with Gasteiger partial charge in [0, 0.05) is 23.6 Å². The number of aromatic nitrogens is 1. The number of methoxy groups -OCH3 is 1. The predicted octanol–water partition coefficient (Wildman–Crippen LogP) is 5.90. The number of hydrogen-bond acceptors (Lipinski definition) is 4. The van der Waals surface area contributed by atoms with E-state index in [1.54, 1.807) is 0 Å². The molecule has 0 saturated heterocycles. The number of aromatic carboxylic acids is 1. The first kappa shape index (κ1) is 24.1. The van der Waals surface area contributed by atoms with E-state index >= 15 is 0 Å². The molecule has 0 radical (unpaired) electrons. The van der Waals surface area contributed by atoms with Crippen molar-refractivity contribution in [1.82, 2.24) is 4.98 Å². The van der Waals surface area contributed by atoms with Crippen LogP contribution < -0.4 is 4.74 Å². The number of pyridine rings is 1. The molecule has 3 aromatic rings. The van der Waals surface area contributed by atoms with E-state index < -0.39 is 24.3 Å². The molecule has 0 saturated carbocycles. The number of carboxylic acids is 1. The Morgan fingerprint density at radius 2 is 1.67 bits per heavy atom. The van der Waals surface area contributed by atoms with Crippen LogP contribution in [0.3, 0.4) is 0 Å². The van der Waals surface area contributed by atoms with Crippen molar-refractivity contribution in [1.29, 1.82) is 0 Å². The third kappa shape index (κ3) is 4.94. The fourth-order valence-corrected chi connectivity index (χ4v) is 3.96. The number of rotatable bonds is 7. The van der Waals surface area contributed by atoms with Crippen LogP contribution in [0.2, 0.25) is 0 Å². The number of alkyl halides is 3. The largest absolute Gasteiger partial charge is 0.508 e.